The van der Waals surface area contributed by atoms with Crippen molar-refractivity contribution in [2.24, 2.45) is 11.8 Å². The van der Waals surface area contributed by atoms with E-state index in [9.17, 15) is 0 Å². The second-order valence-electron chi connectivity index (χ2n) is 15.0. The van der Waals surface area contributed by atoms with Gasteiger partial charge in [-0.15, -0.1) is 13.2 Å². The van der Waals surface area contributed by atoms with Crippen LogP contribution in [0.2, 0.25) is 0 Å². The van der Waals surface area contributed by atoms with Gasteiger partial charge in [-0.3, -0.25) is 0 Å². The molecule has 0 aliphatic rings. The summed E-state index contributed by atoms with van der Waals surface area (Å²) in [5.41, 5.74) is 0. The van der Waals surface area contributed by atoms with Crippen LogP contribution in [-0.2, 0) is 0 Å². The predicted octanol–water partition coefficient (Wildman–Crippen LogP) is 16.7. The van der Waals surface area contributed by atoms with Gasteiger partial charge in [-0.1, -0.05) is 231 Å². The van der Waals surface area contributed by atoms with Crippen LogP contribution in [0, 0.1) is 11.8 Å². The fraction of sp³-hybridized carbons (Fsp3) is 0.909. The Morgan fingerprint density at radius 1 is 0.295 bits per heavy atom. The Kier molecular flexibility index (Phi) is 38.2. The van der Waals surface area contributed by atoms with Crippen LogP contribution in [0.4, 0.5) is 0 Å². The average Bonchev–Trinajstić information content (AvgIpc) is 3.02. The topological polar surface area (TPSA) is 0 Å². The minimum atomic E-state index is 0.875. The molecular formula is C44H86. The van der Waals surface area contributed by atoms with E-state index in [-0.39, 0.29) is 0 Å². The van der Waals surface area contributed by atoms with Crippen LogP contribution >= 0.6 is 0 Å². The molecule has 0 heteroatoms. The smallest absolute Gasteiger partial charge is 0.0353 e. The average molecular weight is 615 g/mol. The highest BCUT2D eigenvalue weighted by atomic mass is 14.2. The second-order valence-corrected chi connectivity index (χ2v) is 15.0. The number of unbranched alkanes of at least 4 members (excludes halogenated alkanes) is 32. The van der Waals surface area contributed by atoms with Gasteiger partial charge in [0.25, 0.3) is 0 Å². The molecule has 0 spiro atoms. The van der Waals surface area contributed by atoms with Gasteiger partial charge < -0.3 is 0 Å². The molecule has 262 valence electrons. The van der Waals surface area contributed by atoms with Gasteiger partial charge in [0.15, 0.2) is 0 Å². The van der Waals surface area contributed by atoms with Crippen LogP contribution in [0.15, 0.2) is 25.3 Å². The molecule has 0 aromatic rings. The highest BCUT2D eigenvalue weighted by Gasteiger charge is 2.12. The van der Waals surface area contributed by atoms with Gasteiger partial charge in [0, 0.05) is 0 Å². The minimum absolute atomic E-state index is 0.875. The van der Waals surface area contributed by atoms with Crippen molar-refractivity contribution in [3.05, 3.63) is 25.3 Å². The first-order valence-corrected chi connectivity index (χ1v) is 20.9. The molecule has 0 atom stereocenters. The molecule has 0 fully saturated rings. The first-order chi connectivity index (χ1) is 21.7. The van der Waals surface area contributed by atoms with Gasteiger partial charge >= 0.3 is 0 Å². The summed E-state index contributed by atoms with van der Waals surface area (Å²) >= 11 is 0. The third kappa shape index (κ3) is 36.0. The zero-order chi connectivity index (χ0) is 32.0. The lowest BCUT2D eigenvalue weighted by atomic mass is 9.85. The molecule has 0 aliphatic carbocycles. The molecule has 0 aliphatic heterocycles. The molecule has 0 unspecified atom stereocenters. The maximum Gasteiger partial charge on any atom is -0.0353 e. The highest BCUT2D eigenvalue weighted by Crippen LogP contribution is 2.26. The molecule has 44 heavy (non-hydrogen) atoms. The summed E-state index contributed by atoms with van der Waals surface area (Å²) in [6.45, 7) is 12.6. The summed E-state index contributed by atoms with van der Waals surface area (Å²) < 4.78 is 0. The van der Waals surface area contributed by atoms with Crippen LogP contribution in [0.5, 0.6) is 0 Å². The predicted molar refractivity (Wildman–Crippen MR) is 205 cm³/mol. The Morgan fingerprint density at radius 3 is 0.659 bits per heavy atom. The zero-order valence-corrected chi connectivity index (χ0v) is 31.2. The number of allylic oxidation sites excluding steroid dienone is 2. The van der Waals surface area contributed by atoms with Crippen LogP contribution in [0.25, 0.3) is 0 Å². The van der Waals surface area contributed by atoms with Crippen molar-refractivity contribution in [2.45, 2.75) is 245 Å². The summed E-state index contributed by atoms with van der Waals surface area (Å²) in [6, 6.07) is 0. The van der Waals surface area contributed by atoms with E-state index in [1.54, 1.807) is 0 Å². The van der Waals surface area contributed by atoms with E-state index in [1.165, 1.54) is 231 Å². The standard InChI is InChI=1S/C44H86/c1-5-7-9-11-13-15-17-19-21-23-25-27-29-31-33-35-37-39-41-44(43(3)4)42-40-38-36-34-32-30-28-26-24-22-20-18-16-14-12-10-8-6-2/h5-6,43-44H,1-2,7-42H2,3-4H3. The van der Waals surface area contributed by atoms with E-state index in [1.807, 2.05) is 0 Å². The van der Waals surface area contributed by atoms with Crippen molar-refractivity contribution in [3.63, 3.8) is 0 Å². The van der Waals surface area contributed by atoms with E-state index >= 15 is 0 Å². The maximum atomic E-state index is 3.81. The number of hydrogen-bond acceptors (Lipinski definition) is 0. The van der Waals surface area contributed by atoms with Gasteiger partial charge in [0.2, 0.25) is 0 Å². The van der Waals surface area contributed by atoms with Gasteiger partial charge in [0.1, 0.15) is 0 Å². The van der Waals surface area contributed by atoms with Crippen molar-refractivity contribution in [1.82, 2.24) is 0 Å². The third-order valence-corrected chi connectivity index (χ3v) is 10.4. The Hall–Kier alpha value is -0.520. The molecule has 0 N–H and O–H groups in total. The molecule has 0 saturated heterocycles. The van der Waals surface area contributed by atoms with Crippen LogP contribution in [0.1, 0.15) is 245 Å². The number of rotatable bonds is 39. The van der Waals surface area contributed by atoms with Gasteiger partial charge in [0.05, 0.1) is 0 Å². The molecule has 0 rings (SSSR count). The SMILES string of the molecule is C=CCCCCCCCCCCCCCCCCCCC(CCCCCCCCCCCCCCCCCCC=C)C(C)C. The summed E-state index contributed by atoms with van der Waals surface area (Å²) in [5.74, 6) is 1.85. The fourth-order valence-corrected chi connectivity index (χ4v) is 7.15. The van der Waals surface area contributed by atoms with Crippen LogP contribution in [0.3, 0.4) is 0 Å². The lowest BCUT2D eigenvalue weighted by Crippen LogP contribution is -2.08. The quantitative estimate of drug-likeness (QED) is 0.0477. The molecule has 0 amide bonds. The first-order valence-electron chi connectivity index (χ1n) is 20.9. The van der Waals surface area contributed by atoms with E-state index in [0.717, 1.165) is 11.8 Å². The molecule has 0 saturated carbocycles. The minimum Gasteiger partial charge on any atom is -0.103 e. The van der Waals surface area contributed by atoms with E-state index in [2.05, 4.69) is 39.2 Å². The monoisotopic (exact) mass is 615 g/mol. The molecule has 0 radical (unpaired) electrons. The summed E-state index contributed by atoms with van der Waals surface area (Å²) in [5, 5.41) is 0. The van der Waals surface area contributed by atoms with Crippen molar-refractivity contribution >= 4 is 0 Å². The summed E-state index contributed by atoms with van der Waals surface area (Å²) in [6.07, 6.45) is 56.2. The fourth-order valence-electron chi connectivity index (χ4n) is 7.15. The van der Waals surface area contributed by atoms with E-state index < -0.39 is 0 Å². The molecule has 0 nitrogen and oxygen atoms in total. The van der Waals surface area contributed by atoms with E-state index in [0.29, 0.717) is 0 Å². The Morgan fingerprint density at radius 2 is 0.477 bits per heavy atom. The molecule has 0 bridgehead atoms. The molecule has 0 heterocycles. The lowest BCUT2D eigenvalue weighted by Gasteiger charge is -2.20. The highest BCUT2D eigenvalue weighted by molar-refractivity contribution is 4.66. The van der Waals surface area contributed by atoms with Crippen LogP contribution < -0.4 is 0 Å². The lowest BCUT2D eigenvalue weighted by molar-refractivity contribution is 0.312. The largest absolute Gasteiger partial charge is 0.103 e. The van der Waals surface area contributed by atoms with Gasteiger partial charge in [-0.2, -0.15) is 0 Å². The zero-order valence-electron chi connectivity index (χ0n) is 31.2. The van der Waals surface area contributed by atoms with Crippen molar-refractivity contribution in [1.29, 1.82) is 0 Å². The Labute approximate surface area is 281 Å². The second kappa shape index (κ2) is 38.7. The van der Waals surface area contributed by atoms with Crippen molar-refractivity contribution < 1.29 is 0 Å². The van der Waals surface area contributed by atoms with Gasteiger partial charge in [-0.25, -0.2) is 0 Å². The van der Waals surface area contributed by atoms with E-state index in [4.69, 9.17) is 0 Å². The summed E-state index contributed by atoms with van der Waals surface area (Å²) in [4.78, 5) is 0. The number of hydrogen-bond donors (Lipinski definition) is 0. The molecule has 0 aromatic carbocycles. The first kappa shape index (κ1) is 43.5. The Balaban J connectivity index is 3.36. The van der Waals surface area contributed by atoms with Crippen molar-refractivity contribution in [3.8, 4) is 0 Å². The van der Waals surface area contributed by atoms with Gasteiger partial charge in [-0.05, 0) is 37.5 Å². The third-order valence-electron chi connectivity index (χ3n) is 10.4. The van der Waals surface area contributed by atoms with Crippen molar-refractivity contribution in [2.75, 3.05) is 0 Å². The maximum absolute atomic E-state index is 3.81. The summed E-state index contributed by atoms with van der Waals surface area (Å²) in [7, 11) is 0. The Bertz CT molecular complexity index is 486. The molecule has 0 aromatic heterocycles. The normalized spacial score (nSPS) is 11.6. The van der Waals surface area contributed by atoms with Crippen LogP contribution in [-0.4, -0.2) is 0 Å². The molecular weight excluding hydrogens is 528 g/mol.